The Hall–Kier alpha value is -2.63. The van der Waals surface area contributed by atoms with Crippen LogP contribution in [0, 0.1) is 18.8 Å². The second-order valence-electron chi connectivity index (χ2n) is 7.28. The third-order valence-electron chi connectivity index (χ3n) is 5.85. The first-order valence-corrected chi connectivity index (χ1v) is 8.98. The third kappa shape index (κ3) is 2.60. The summed E-state index contributed by atoms with van der Waals surface area (Å²) in [6.07, 6.45) is 2.95. The summed E-state index contributed by atoms with van der Waals surface area (Å²) in [5.41, 5.74) is 1.84. The lowest BCUT2D eigenvalue weighted by atomic mass is 9.94. The molecule has 26 heavy (non-hydrogen) atoms. The van der Waals surface area contributed by atoms with E-state index in [0.717, 1.165) is 30.2 Å². The van der Waals surface area contributed by atoms with Crippen LogP contribution in [-0.2, 0) is 4.79 Å². The summed E-state index contributed by atoms with van der Waals surface area (Å²) in [6.45, 7) is 2.32. The number of methoxy groups -OCH3 is 1. The predicted octanol–water partition coefficient (Wildman–Crippen LogP) is 2.88. The van der Waals surface area contributed by atoms with E-state index in [-0.39, 0.29) is 11.8 Å². The molecule has 1 aromatic heterocycles. The van der Waals surface area contributed by atoms with E-state index in [1.165, 1.54) is 0 Å². The number of aliphatic carboxylic acids is 1. The van der Waals surface area contributed by atoms with Crippen molar-refractivity contribution in [1.29, 1.82) is 0 Å². The van der Waals surface area contributed by atoms with Crippen LogP contribution in [0.3, 0.4) is 0 Å². The molecule has 4 rings (SSSR count). The molecule has 2 aliphatic rings. The molecular formula is C20H22N2O4. The van der Waals surface area contributed by atoms with Gasteiger partial charge in [0, 0.05) is 18.0 Å². The highest BCUT2D eigenvalue weighted by Crippen LogP contribution is 2.43. The van der Waals surface area contributed by atoms with Gasteiger partial charge in [0.05, 0.1) is 23.9 Å². The average Bonchev–Trinajstić information content (AvgIpc) is 3.20. The van der Waals surface area contributed by atoms with Crippen molar-refractivity contribution < 1.29 is 19.4 Å². The topological polar surface area (TPSA) is 79.7 Å². The van der Waals surface area contributed by atoms with Crippen molar-refractivity contribution in [3.8, 4) is 5.75 Å². The molecule has 1 N–H and O–H groups in total. The summed E-state index contributed by atoms with van der Waals surface area (Å²) < 4.78 is 5.22. The number of carbonyl (C=O) groups is 2. The molecule has 1 aromatic carbocycles. The number of benzene rings is 1. The van der Waals surface area contributed by atoms with Gasteiger partial charge < -0.3 is 14.7 Å². The molecule has 2 aromatic rings. The number of nitrogens with zero attached hydrogens (tertiary/aromatic N) is 2. The van der Waals surface area contributed by atoms with Crippen molar-refractivity contribution in [3.63, 3.8) is 0 Å². The lowest BCUT2D eigenvalue weighted by molar-refractivity contribution is -0.142. The SMILES string of the molecule is COc1ccc2cc(C(=O)N3CC4CCCC4C3C(=O)O)c(C)nc2c1. The Labute approximate surface area is 151 Å². The van der Waals surface area contributed by atoms with Crippen molar-refractivity contribution in [3.05, 3.63) is 35.5 Å². The average molecular weight is 354 g/mol. The van der Waals surface area contributed by atoms with Crippen molar-refractivity contribution >= 4 is 22.8 Å². The molecule has 2 heterocycles. The summed E-state index contributed by atoms with van der Waals surface area (Å²) in [4.78, 5) is 31.1. The van der Waals surface area contributed by atoms with Gasteiger partial charge in [-0.15, -0.1) is 0 Å². The van der Waals surface area contributed by atoms with E-state index in [2.05, 4.69) is 4.98 Å². The van der Waals surface area contributed by atoms with Gasteiger partial charge in [-0.2, -0.15) is 0 Å². The number of pyridine rings is 1. The second kappa shape index (κ2) is 6.27. The maximum atomic E-state index is 13.2. The van der Waals surface area contributed by atoms with Crippen molar-refractivity contribution in [2.45, 2.75) is 32.2 Å². The molecule has 136 valence electrons. The van der Waals surface area contributed by atoms with E-state index in [9.17, 15) is 14.7 Å². The first-order chi connectivity index (χ1) is 12.5. The third-order valence-corrected chi connectivity index (χ3v) is 5.85. The molecule has 1 aliphatic heterocycles. The van der Waals surface area contributed by atoms with Gasteiger partial charge in [-0.3, -0.25) is 9.78 Å². The van der Waals surface area contributed by atoms with Gasteiger partial charge in [-0.25, -0.2) is 4.79 Å². The van der Waals surface area contributed by atoms with E-state index in [0.29, 0.717) is 29.5 Å². The Bertz CT molecular complexity index is 895. The molecule has 3 unspecified atom stereocenters. The normalized spacial score (nSPS) is 24.7. The van der Waals surface area contributed by atoms with Crippen LogP contribution in [0.2, 0.25) is 0 Å². The minimum Gasteiger partial charge on any atom is -0.497 e. The molecule has 6 heteroatoms. The number of hydrogen-bond acceptors (Lipinski definition) is 4. The van der Waals surface area contributed by atoms with Crippen LogP contribution in [0.4, 0.5) is 0 Å². The van der Waals surface area contributed by atoms with Crippen molar-refractivity contribution in [1.82, 2.24) is 9.88 Å². The van der Waals surface area contributed by atoms with Crippen LogP contribution in [-0.4, -0.2) is 46.6 Å². The fourth-order valence-corrected chi connectivity index (χ4v) is 4.57. The summed E-state index contributed by atoms with van der Waals surface area (Å²) in [5.74, 6) is -0.0346. The first-order valence-electron chi connectivity index (χ1n) is 8.98. The maximum Gasteiger partial charge on any atom is 0.326 e. The largest absolute Gasteiger partial charge is 0.497 e. The highest BCUT2D eigenvalue weighted by atomic mass is 16.5. The Morgan fingerprint density at radius 2 is 2.08 bits per heavy atom. The maximum absolute atomic E-state index is 13.2. The number of likely N-dealkylation sites (tertiary alicyclic amines) is 1. The number of aromatic nitrogens is 1. The molecule has 3 atom stereocenters. The van der Waals surface area contributed by atoms with Gasteiger partial charge in [0.15, 0.2) is 0 Å². The van der Waals surface area contributed by atoms with E-state index >= 15 is 0 Å². The van der Waals surface area contributed by atoms with E-state index in [1.807, 2.05) is 24.3 Å². The molecule has 0 spiro atoms. The Morgan fingerprint density at radius 1 is 1.27 bits per heavy atom. The number of hydrogen-bond donors (Lipinski definition) is 1. The van der Waals surface area contributed by atoms with Gasteiger partial charge in [0.2, 0.25) is 0 Å². The molecule has 0 radical (unpaired) electrons. The highest BCUT2D eigenvalue weighted by Gasteiger charge is 2.49. The molecule has 1 aliphatic carbocycles. The van der Waals surface area contributed by atoms with Crippen molar-refractivity contribution in [2.75, 3.05) is 13.7 Å². The number of carboxylic acids is 1. The van der Waals surface area contributed by atoms with E-state index in [4.69, 9.17) is 4.74 Å². The standard InChI is InChI=1S/C20H22N2O4/c1-11-16(8-12-6-7-14(26-2)9-17(12)21-11)19(23)22-10-13-4-3-5-15(13)18(22)20(24)25/h6-9,13,15,18H,3-5,10H2,1-2H3,(H,24,25). The lowest BCUT2D eigenvalue weighted by Crippen LogP contribution is -2.43. The summed E-state index contributed by atoms with van der Waals surface area (Å²) in [7, 11) is 1.60. The minimum atomic E-state index is -0.899. The van der Waals surface area contributed by atoms with Crippen LogP contribution in [0.15, 0.2) is 24.3 Å². The number of carbonyl (C=O) groups excluding carboxylic acids is 1. The predicted molar refractivity (Wildman–Crippen MR) is 96.3 cm³/mol. The number of aryl methyl sites for hydroxylation is 1. The Morgan fingerprint density at radius 3 is 2.81 bits per heavy atom. The van der Waals surface area contributed by atoms with Crippen LogP contribution >= 0.6 is 0 Å². The monoisotopic (exact) mass is 354 g/mol. The second-order valence-corrected chi connectivity index (χ2v) is 7.28. The quantitative estimate of drug-likeness (QED) is 0.917. The van der Waals surface area contributed by atoms with Crippen LogP contribution < -0.4 is 4.74 Å². The highest BCUT2D eigenvalue weighted by molar-refractivity contribution is 6.00. The summed E-state index contributed by atoms with van der Waals surface area (Å²) >= 11 is 0. The van der Waals surface area contributed by atoms with E-state index < -0.39 is 12.0 Å². The fourth-order valence-electron chi connectivity index (χ4n) is 4.57. The molecule has 6 nitrogen and oxygen atoms in total. The summed E-state index contributed by atoms with van der Waals surface area (Å²) in [5, 5.41) is 10.5. The number of amides is 1. The molecule has 1 amide bonds. The van der Waals surface area contributed by atoms with Gasteiger partial charge in [-0.05, 0) is 49.8 Å². The number of rotatable bonds is 3. The molecule has 1 saturated heterocycles. The number of carboxylic acid groups (broad SMARTS) is 1. The van der Waals surface area contributed by atoms with Gasteiger partial charge in [-0.1, -0.05) is 6.42 Å². The fraction of sp³-hybridized carbons (Fsp3) is 0.450. The minimum absolute atomic E-state index is 0.0782. The molecule has 2 fully saturated rings. The zero-order valence-electron chi connectivity index (χ0n) is 14.9. The molecular weight excluding hydrogens is 332 g/mol. The van der Waals surface area contributed by atoms with Gasteiger partial charge in [0.1, 0.15) is 11.8 Å². The van der Waals surface area contributed by atoms with Crippen LogP contribution in [0.1, 0.15) is 35.3 Å². The van der Waals surface area contributed by atoms with Crippen molar-refractivity contribution in [2.24, 2.45) is 11.8 Å². The Kier molecular flexibility index (Phi) is 4.05. The first kappa shape index (κ1) is 16.8. The number of ether oxygens (including phenoxy) is 1. The number of fused-ring (bicyclic) bond motifs is 2. The smallest absolute Gasteiger partial charge is 0.326 e. The lowest BCUT2D eigenvalue weighted by Gasteiger charge is -2.25. The van der Waals surface area contributed by atoms with Crippen LogP contribution in [0.25, 0.3) is 10.9 Å². The molecule has 1 saturated carbocycles. The summed E-state index contributed by atoms with van der Waals surface area (Å²) in [6, 6.07) is 6.61. The van der Waals surface area contributed by atoms with Gasteiger partial charge in [0.25, 0.3) is 5.91 Å². The molecule has 0 bridgehead atoms. The zero-order valence-corrected chi connectivity index (χ0v) is 14.9. The Balaban J connectivity index is 1.71. The zero-order chi connectivity index (χ0) is 18.4. The van der Waals surface area contributed by atoms with Gasteiger partial charge >= 0.3 is 5.97 Å². The van der Waals surface area contributed by atoms with E-state index in [1.54, 1.807) is 18.9 Å². The van der Waals surface area contributed by atoms with Crippen LogP contribution in [0.5, 0.6) is 5.75 Å².